The molecule has 6 heteroatoms. The zero-order chi connectivity index (χ0) is 17.5. The van der Waals surface area contributed by atoms with Gasteiger partial charge in [0.2, 0.25) is 0 Å². The van der Waals surface area contributed by atoms with Crippen LogP contribution in [0.2, 0.25) is 0 Å². The molecule has 0 fully saturated rings. The Morgan fingerprint density at radius 2 is 2.13 bits per heavy atom. The molecule has 0 bridgehead atoms. The predicted molar refractivity (Wildman–Crippen MR) is 87.1 cm³/mol. The summed E-state index contributed by atoms with van der Waals surface area (Å²) in [7, 11) is 1.29. The maximum atomic E-state index is 12.6. The molecule has 1 aliphatic rings. The van der Waals surface area contributed by atoms with Crippen LogP contribution < -0.4 is 0 Å². The SMILES string of the molecule is C=CCON=C(CCC)C1=C(O)CC(CC)(C(=O)OC)CC1=O. The molecule has 1 N–H and O–H groups in total. The van der Waals surface area contributed by atoms with E-state index in [4.69, 9.17) is 9.57 Å². The molecule has 0 spiro atoms. The number of hydrogen-bond donors (Lipinski definition) is 1. The number of carbonyl (C=O) groups is 2. The molecule has 23 heavy (non-hydrogen) atoms. The first-order chi connectivity index (χ1) is 11.0. The highest BCUT2D eigenvalue weighted by Gasteiger charge is 2.46. The van der Waals surface area contributed by atoms with Crippen molar-refractivity contribution in [3.8, 4) is 0 Å². The molecule has 0 aliphatic heterocycles. The summed E-state index contributed by atoms with van der Waals surface area (Å²) >= 11 is 0. The van der Waals surface area contributed by atoms with Crippen LogP contribution in [0.25, 0.3) is 0 Å². The van der Waals surface area contributed by atoms with Crippen LogP contribution >= 0.6 is 0 Å². The maximum absolute atomic E-state index is 12.6. The highest BCUT2D eigenvalue weighted by Crippen LogP contribution is 2.41. The Kier molecular flexibility index (Phi) is 7.00. The van der Waals surface area contributed by atoms with Gasteiger partial charge in [-0.3, -0.25) is 9.59 Å². The Balaban J connectivity index is 3.19. The first-order valence-corrected chi connectivity index (χ1v) is 7.79. The predicted octanol–water partition coefficient (Wildman–Crippen LogP) is 3.09. The number of ether oxygens (including phenoxy) is 1. The van der Waals surface area contributed by atoms with Gasteiger partial charge in [0, 0.05) is 12.8 Å². The average Bonchev–Trinajstić information content (AvgIpc) is 2.53. The van der Waals surface area contributed by atoms with Gasteiger partial charge in [0.05, 0.1) is 23.8 Å². The van der Waals surface area contributed by atoms with E-state index in [0.29, 0.717) is 18.6 Å². The number of Topliss-reactive ketones (excluding diaryl/α,β-unsaturated/α-hetero) is 1. The largest absolute Gasteiger partial charge is 0.511 e. The van der Waals surface area contributed by atoms with Gasteiger partial charge in [-0.1, -0.05) is 38.1 Å². The van der Waals surface area contributed by atoms with Crippen LogP contribution in [0.1, 0.15) is 46.0 Å². The van der Waals surface area contributed by atoms with Crippen LogP contribution in [0, 0.1) is 5.41 Å². The first kappa shape index (κ1) is 18.9. The number of aliphatic hydroxyl groups excluding tert-OH is 1. The van der Waals surface area contributed by atoms with E-state index in [1.54, 1.807) is 13.0 Å². The molecule has 0 heterocycles. The average molecular weight is 323 g/mol. The van der Waals surface area contributed by atoms with Crippen molar-refractivity contribution in [3.05, 3.63) is 24.0 Å². The topological polar surface area (TPSA) is 85.2 Å². The lowest BCUT2D eigenvalue weighted by Crippen LogP contribution is -2.39. The zero-order valence-electron chi connectivity index (χ0n) is 14.1. The summed E-state index contributed by atoms with van der Waals surface area (Å²) in [4.78, 5) is 29.7. The number of allylic oxidation sites excluding steroid dienone is 2. The fourth-order valence-electron chi connectivity index (χ4n) is 2.73. The van der Waals surface area contributed by atoms with E-state index in [1.807, 2.05) is 6.92 Å². The van der Waals surface area contributed by atoms with Crippen LogP contribution in [0.5, 0.6) is 0 Å². The summed E-state index contributed by atoms with van der Waals surface area (Å²) in [5.74, 6) is -0.908. The molecule has 1 atom stereocenters. The molecule has 0 saturated carbocycles. The van der Waals surface area contributed by atoms with E-state index in [1.165, 1.54) is 7.11 Å². The van der Waals surface area contributed by atoms with Crippen molar-refractivity contribution in [1.82, 2.24) is 0 Å². The summed E-state index contributed by atoms with van der Waals surface area (Å²) < 4.78 is 4.81. The Bertz CT molecular complexity index is 535. The van der Waals surface area contributed by atoms with Gasteiger partial charge in [0.25, 0.3) is 0 Å². The van der Waals surface area contributed by atoms with Gasteiger partial charge in [-0.05, 0) is 12.8 Å². The monoisotopic (exact) mass is 323 g/mol. The van der Waals surface area contributed by atoms with E-state index in [0.717, 1.165) is 6.42 Å². The molecule has 0 saturated heterocycles. The number of oxime groups is 1. The fraction of sp³-hybridized carbons (Fsp3) is 0.588. The molecule has 1 rings (SSSR count). The Morgan fingerprint density at radius 3 is 2.61 bits per heavy atom. The number of hydrogen-bond acceptors (Lipinski definition) is 6. The second-order valence-corrected chi connectivity index (χ2v) is 5.60. The van der Waals surface area contributed by atoms with Crippen molar-refractivity contribution in [2.24, 2.45) is 10.6 Å². The van der Waals surface area contributed by atoms with Gasteiger partial charge in [0.15, 0.2) is 5.78 Å². The molecule has 1 unspecified atom stereocenters. The van der Waals surface area contributed by atoms with E-state index >= 15 is 0 Å². The van der Waals surface area contributed by atoms with Gasteiger partial charge in [-0.25, -0.2) is 0 Å². The van der Waals surface area contributed by atoms with E-state index in [-0.39, 0.29) is 36.6 Å². The third-order valence-electron chi connectivity index (χ3n) is 4.01. The molecular weight excluding hydrogens is 298 g/mol. The molecule has 0 aromatic heterocycles. The summed E-state index contributed by atoms with van der Waals surface area (Å²) in [6, 6.07) is 0. The Hall–Kier alpha value is -2.11. The second kappa shape index (κ2) is 8.50. The smallest absolute Gasteiger partial charge is 0.312 e. The van der Waals surface area contributed by atoms with Crippen molar-refractivity contribution >= 4 is 17.5 Å². The minimum Gasteiger partial charge on any atom is -0.511 e. The maximum Gasteiger partial charge on any atom is 0.312 e. The number of esters is 1. The van der Waals surface area contributed by atoms with Gasteiger partial charge in [-0.2, -0.15) is 0 Å². The summed E-state index contributed by atoms with van der Waals surface area (Å²) in [5, 5.41) is 14.4. The molecule has 0 amide bonds. The molecule has 128 valence electrons. The van der Waals surface area contributed by atoms with Crippen molar-refractivity contribution in [2.45, 2.75) is 46.0 Å². The van der Waals surface area contributed by atoms with Crippen molar-refractivity contribution in [3.63, 3.8) is 0 Å². The Morgan fingerprint density at radius 1 is 1.43 bits per heavy atom. The van der Waals surface area contributed by atoms with Crippen LogP contribution in [0.3, 0.4) is 0 Å². The third kappa shape index (κ3) is 4.21. The minimum atomic E-state index is -1.00. The molecule has 0 aromatic carbocycles. The lowest BCUT2D eigenvalue weighted by atomic mass is 9.70. The summed E-state index contributed by atoms with van der Waals surface area (Å²) in [6.07, 6.45) is 3.27. The minimum absolute atomic E-state index is 0.000239. The number of rotatable bonds is 8. The molecular formula is C17H25NO5. The number of nitrogens with zero attached hydrogens (tertiary/aromatic N) is 1. The molecule has 0 aromatic rings. The standard InChI is InChI=1S/C17H25NO5/c1-5-8-12(18-23-9-6-2)15-13(19)10-17(7-3,11-14(15)20)16(21)22-4/h6,19H,2,5,7-11H2,1,3-4H3. The number of methoxy groups -OCH3 is 1. The van der Waals surface area contributed by atoms with Gasteiger partial charge < -0.3 is 14.7 Å². The van der Waals surface area contributed by atoms with Gasteiger partial charge >= 0.3 is 5.97 Å². The second-order valence-electron chi connectivity index (χ2n) is 5.60. The lowest BCUT2D eigenvalue weighted by Gasteiger charge is -2.33. The molecule has 6 nitrogen and oxygen atoms in total. The summed E-state index contributed by atoms with van der Waals surface area (Å²) in [6.45, 7) is 7.50. The highest BCUT2D eigenvalue weighted by molar-refractivity contribution is 6.23. The number of aliphatic hydroxyl groups is 1. The van der Waals surface area contributed by atoms with Crippen LogP contribution in [0.15, 0.2) is 29.1 Å². The fourth-order valence-corrected chi connectivity index (χ4v) is 2.73. The number of ketones is 1. The zero-order valence-corrected chi connectivity index (χ0v) is 14.1. The van der Waals surface area contributed by atoms with E-state index in [2.05, 4.69) is 11.7 Å². The quantitative estimate of drug-likeness (QED) is 0.244. The van der Waals surface area contributed by atoms with E-state index < -0.39 is 11.4 Å². The van der Waals surface area contributed by atoms with Crippen LogP contribution in [0.4, 0.5) is 0 Å². The summed E-state index contributed by atoms with van der Waals surface area (Å²) in [5.41, 5.74) is -0.422. The number of carbonyl (C=O) groups excluding carboxylic acids is 2. The molecule has 0 radical (unpaired) electrons. The van der Waals surface area contributed by atoms with Crippen molar-refractivity contribution in [2.75, 3.05) is 13.7 Å². The van der Waals surface area contributed by atoms with Gasteiger partial charge in [0.1, 0.15) is 12.4 Å². The normalized spacial score (nSPS) is 22.0. The lowest BCUT2D eigenvalue weighted by molar-refractivity contribution is -0.156. The van der Waals surface area contributed by atoms with E-state index in [9.17, 15) is 14.7 Å². The molecule has 1 aliphatic carbocycles. The van der Waals surface area contributed by atoms with Crippen molar-refractivity contribution in [1.29, 1.82) is 0 Å². The third-order valence-corrected chi connectivity index (χ3v) is 4.01. The Labute approximate surface area is 136 Å². The van der Waals surface area contributed by atoms with Gasteiger partial charge in [-0.15, -0.1) is 0 Å². The van der Waals surface area contributed by atoms with Crippen molar-refractivity contribution < 1.29 is 24.3 Å². The van der Waals surface area contributed by atoms with Crippen LogP contribution in [-0.4, -0.2) is 36.3 Å². The first-order valence-electron chi connectivity index (χ1n) is 7.79. The van der Waals surface area contributed by atoms with Crippen LogP contribution in [-0.2, 0) is 19.2 Å². The highest BCUT2D eigenvalue weighted by atomic mass is 16.6.